The zero-order chi connectivity index (χ0) is 16.3. The van der Waals surface area contributed by atoms with Crippen molar-refractivity contribution in [1.29, 1.82) is 0 Å². The molecule has 0 saturated carbocycles. The molecule has 114 valence electrons. The van der Waals surface area contributed by atoms with Crippen LogP contribution in [0.3, 0.4) is 0 Å². The van der Waals surface area contributed by atoms with Gasteiger partial charge in [-0.1, -0.05) is 6.07 Å². The smallest absolute Gasteiger partial charge is 0.341 e. The Kier molecular flexibility index (Phi) is 4.57. The van der Waals surface area contributed by atoms with E-state index in [0.29, 0.717) is 10.4 Å². The highest BCUT2D eigenvalue weighted by Gasteiger charge is 2.17. The monoisotopic (exact) mass is 319 g/mol. The average Bonchev–Trinajstić information content (AvgIpc) is 2.99. The second kappa shape index (κ2) is 6.40. The Labute approximate surface area is 130 Å². The topological polar surface area (TPSA) is 92.7 Å². The van der Waals surface area contributed by atoms with E-state index >= 15 is 0 Å². The van der Waals surface area contributed by atoms with Crippen molar-refractivity contribution < 1.29 is 24.2 Å². The van der Waals surface area contributed by atoms with Crippen molar-refractivity contribution in [2.24, 2.45) is 0 Å². The van der Waals surface area contributed by atoms with E-state index in [1.807, 2.05) is 0 Å². The van der Waals surface area contributed by atoms with Gasteiger partial charge in [0, 0.05) is 10.9 Å². The van der Waals surface area contributed by atoms with Gasteiger partial charge in [-0.3, -0.25) is 9.59 Å². The summed E-state index contributed by atoms with van der Waals surface area (Å²) in [7, 11) is 1.20. The summed E-state index contributed by atoms with van der Waals surface area (Å²) in [5.41, 5.74) is 0.490. The van der Waals surface area contributed by atoms with E-state index in [1.165, 1.54) is 38.3 Å². The number of ether oxygens (including phenoxy) is 1. The fourth-order valence-corrected chi connectivity index (χ4v) is 2.58. The quantitative estimate of drug-likeness (QED) is 0.513. The first-order chi connectivity index (χ1) is 10.4. The lowest BCUT2D eigenvalue weighted by Crippen LogP contribution is -2.11. The number of ketones is 1. The minimum Gasteiger partial charge on any atom is -0.505 e. The second-order valence-electron chi connectivity index (χ2n) is 4.40. The number of anilines is 1. The van der Waals surface area contributed by atoms with Gasteiger partial charge in [-0.2, -0.15) is 0 Å². The number of amides is 1. The largest absolute Gasteiger partial charge is 0.505 e. The number of Topliss-reactive ketones (excluding diaryl/α,β-unsaturated/α-hetero) is 1. The highest BCUT2D eigenvalue weighted by Crippen LogP contribution is 2.29. The Balaban J connectivity index is 2.24. The molecular formula is C15H13NO5S. The van der Waals surface area contributed by atoms with Crippen LogP contribution in [0.4, 0.5) is 5.69 Å². The van der Waals surface area contributed by atoms with E-state index in [4.69, 9.17) is 0 Å². The van der Waals surface area contributed by atoms with E-state index in [0.717, 1.165) is 11.3 Å². The number of benzene rings is 1. The van der Waals surface area contributed by atoms with E-state index in [9.17, 15) is 19.5 Å². The molecule has 0 radical (unpaired) electrons. The third-order valence-electron chi connectivity index (χ3n) is 2.92. The number of phenolic OH excluding ortho intramolecular Hbond substituents is 1. The van der Waals surface area contributed by atoms with Crippen LogP contribution < -0.4 is 5.32 Å². The minimum absolute atomic E-state index is 0.0455. The van der Waals surface area contributed by atoms with Gasteiger partial charge < -0.3 is 15.2 Å². The highest BCUT2D eigenvalue weighted by atomic mass is 32.1. The van der Waals surface area contributed by atoms with E-state index in [1.54, 1.807) is 5.38 Å². The van der Waals surface area contributed by atoms with Gasteiger partial charge in [0.05, 0.1) is 17.7 Å². The molecule has 2 rings (SSSR count). The molecular weight excluding hydrogens is 306 g/mol. The SMILES string of the molecule is COC(=O)c1cccc(NC(=O)c2cc(C(C)=O)cs2)c1O. The van der Waals surface area contributed by atoms with Crippen LogP contribution in [-0.2, 0) is 4.74 Å². The fraction of sp³-hybridized carbons (Fsp3) is 0.133. The summed E-state index contributed by atoms with van der Waals surface area (Å²) in [6.07, 6.45) is 0. The lowest BCUT2D eigenvalue weighted by atomic mass is 10.1. The Hall–Kier alpha value is -2.67. The Morgan fingerprint density at radius 1 is 1.27 bits per heavy atom. The average molecular weight is 319 g/mol. The maximum Gasteiger partial charge on any atom is 0.341 e. The second-order valence-corrected chi connectivity index (χ2v) is 5.31. The van der Waals surface area contributed by atoms with Gasteiger partial charge in [-0.25, -0.2) is 4.79 Å². The number of phenols is 1. The third kappa shape index (κ3) is 3.15. The molecule has 0 aliphatic heterocycles. The Morgan fingerprint density at radius 3 is 2.59 bits per heavy atom. The molecule has 22 heavy (non-hydrogen) atoms. The Bertz CT molecular complexity index is 750. The van der Waals surface area contributed by atoms with Crippen LogP contribution in [0, 0.1) is 0 Å². The molecule has 6 nitrogen and oxygen atoms in total. The summed E-state index contributed by atoms with van der Waals surface area (Å²) in [6.45, 7) is 1.41. The fourth-order valence-electron chi connectivity index (χ4n) is 1.74. The Morgan fingerprint density at radius 2 is 2.00 bits per heavy atom. The standard InChI is InChI=1S/C15H13NO5S/c1-8(17)9-6-12(22-7-9)14(19)16-11-5-3-4-10(13(11)18)15(20)21-2/h3-7,18H,1-2H3,(H,16,19). The molecule has 0 fully saturated rings. The number of carbonyl (C=O) groups excluding carboxylic acids is 3. The summed E-state index contributed by atoms with van der Waals surface area (Å²) in [4.78, 5) is 35.2. The number of aromatic hydroxyl groups is 1. The highest BCUT2D eigenvalue weighted by molar-refractivity contribution is 7.12. The number of esters is 1. The molecule has 2 aromatic rings. The molecule has 2 N–H and O–H groups in total. The van der Waals surface area contributed by atoms with Gasteiger partial charge in [-0.15, -0.1) is 11.3 Å². The predicted octanol–water partition coefficient (Wildman–Crippen LogP) is 2.70. The molecule has 1 amide bonds. The first kappa shape index (κ1) is 15.7. The van der Waals surface area contributed by atoms with Crippen molar-refractivity contribution >= 4 is 34.7 Å². The normalized spacial score (nSPS) is 10.1. The molecule has 7 heteroatoms. The van der Waals surface area contributed by atoms with E-state index in [2.05, 4.69) is 10.1 Å². The number of para-hydroxylation sites is 1. The van der Waals surface area contributed by atoms with Crippen LogP contribution in [-0.4, -0.2) is 29.9 Å². The predicted molar refractivity (Wildman–Crippen MR) is 81.7 cm³/mol. The van der Waals surface area contributed by atoms with Crippen LogP contribution in [0.5, 0.6) is 5.75 Å². The number of hydrogen-bond donors (Lipinski definition) is 2. The first-order valence-corrected chi connectivity index (χ1v) is 7.13. The van der Waals surface area contributed by atoms with Gasteiger partial charge in [0.1, 0.15) is 5.56 Å². The summed E-state index contributed by atoms with van der Waals surface area (Å²) >= 11 is 1.12. The van der Waals surface area contributed by atoms with Gasteiger partial charge in [0.15, 0.2) is 11.5 Å². The molecule has 0 aliphatic carbocycles. The van der Waals surface area contributed by atoms with E-state index in [-0.39, 0.29) is 22.8 Å². The van der Waals surface area contributed by atoms with Crippen molar-refractivity contribution in [3.8, 4) is 5.75 Å². The van der Waals surface area contributed by atoms with Crippen molar-refractivity contribution in [3.63, 3.8) is 0 Å². The van der Waals surface area contributed by atoms with Gasteiger partial charge in [-0.05, 0) is 25.1 Å². The van der Waals surface area contributed by atoms with Crippen molar-refractivity contribution in [2.45, 2.75) is 6.92 Å². The summed E-state index contributed by atoms with van der Waals surface area (Å²) in [5, 5.41) is 14.1. The van der Waals surface area contributed by atoms with Crippen molar-refractivity contribution in [2.75, 3.05) is 12.4 Å². The maximum absolute atomic E-state index is 12.1. The molecule has 0 unspecified atom stereocenters. The van der Waals surface area contributed by atoms with Crippen LogP contribution in [0.1, 0.15) is 37.3 Å². The molecule has 0 aliphatic rings. The zero-order valence-electron chi connectivity index (χ0n) is 11.9. The van der Waals surface area contributed by atoms with Crippen molar-refractivity contribution in [3.05, 3.63) is 45.6 Å². The molecule has 1 aromatic carbocycles. The summed E-state index contributed by atoms with van der Waals surface area (Å²) in [5.74, 6) is -1.68. The number of carbonyl (C=O) groups is 3. The molecule has 0 bridgehead atoms. The molecule has 1 aromatic heterocycles. The maximum atomic E-state index is 12.1. The minimum atomic E-state index is -0.705. The van der Waals surface area contributed by atoms with Gasteiger partial charge in [0.2, 0.25) is 0 Å². The molecule has 0 atom stereocenters. The number of methoxy groups -OCH3 is 1. The van der Waals surface area contributed by atoms with Crippen molar-refractivity contribution in [1.82, 2.24) is 0 Å². The number of thiophene rings is 1. The van der Waals surface area contributed by atoms with Gasteiger partial charge in [0.25, 0.3) is 5.91 Å². The van der Waals surface area contributed by atoms with Crippen LogP contribution >= 0.6 is 11.3 Å². The zero-order valence-corrected chi connectivity index (χ0v) is 12.7. The van der Waals surface area contributed by atoms with Crippen LogP contribution in [0.2, 0.25) is 0 Å². The number of nitrogens with one attached hydrogen (secondary N) is 1. The van der Waals surface area contributed by atoms with Gasteiger partial charge >= 0.3 is 5.97 Å². The summed E-state index contributed by atoms with van der Waals surface area (Å²) in [6, 6.07) is 5.83. The lowest BCUT2D eigenvalue weighted by Gasteiger charge is -2.09. The van der Waals surface area contributed by atoms with Crippen LogP contribution in [0.25, 0.3) is 0 Å². The lowest BCUT2D eigenvalue weighted by molar-refractivity contribution is 0.0597. The molecule has 0 spiro atoms. The summed E-state index contributed by atoms with van der Waals surface area (Å²) < 4.78 is 4.54. The molecule has 0 saturated heterocycles. The van der Waals surface area contributed by atoms with E-state index < -0.39 is 11.9 Å². The molecule has 1 heterocycles. The number of rotatable bonds is 4. The van der Waals surface area contributed by atoms with Crippen LogP contribution in [0.15, 0.2) is 29.6 Å². The number of hydrogen-bond acceptors (Lipinski definition) is 6. The first-order valence-electron chi connectivity index (χ1n) is 6.25. The third-order valence-corrected chi connectivity index (χ3v) is 3.85.